The van der Waals surface area contributed by atoms with E-state index in [0.717, 1.165) is 32.3 Å². The van der Waals surface area contributed by atoms with E-state index in [1.807, 2.05) is 44.2 Å². The third kappa shape index (κ3) is 2.16. The van der Waals surface area contributed by atoms with Crippen LogP contribution in [0, 0.1) is 13.8 Å². The molecular formula is C14H15N3OS. The number of rotatable bonds is 3. The van der Waals surface area contributed by atoms with E-state index < -0.39 is 0 Å². The first-order chi connectivity index (χ1) is 9.19. The van der Waals surface area contributed by atoms with Gasteiger partial charge in [-0.1, -0.05) is 18.2 Å². The number of fused-ring (bicyclic) bond motifs is 1. The highest BCUT2D eigenvalue weighted by molar-refractivity contribution is 7.11. The molecule has 3 aromatic rings. The minimum atomic E-state index is -0.154. The van der Waals surface area contributed by atoms with E-state index in [4.69, 9.17) is 10.3 Å². The standard InChI is InChI=1S/C14H15N3OS/c1-8-14(19-9(2)16-8)13(17-15)12-7-10-5-3-4-6-11(10)18-12/h3-7,13,17H,15H2,1-2H3. The van der Waals surface area contributed by atoms with Crippen LogP contribution in [0.3, 0.4) is 0 Å². The fraction of sp³-hybridized carbons (Fsp3) is 0.214. The van der Waals surface area contributed by atoms with E-state index in [1.165, 1.54) is 0 Å². The lowest BCUT2D eigenvalue weighted by molar-refractivity contribution is 0.480. The van der Waals surface area contributed by atoms with Crippen LogP contribution in [0.2, 0.25) is 0 Å². The topological polar surface area (TPSA) is 64.1 Å². The molecule has 0 saturated heterocycles. The monoisotopic (exact) mass is 273 g/mol. The van der Waals surface area contributed by atoms with Crippen molar-refractivity contribution in [1.29, 1.82) is 0 Å². The van der Waals surface area contributed by atoms with Gasteiger partial charge in [-0.3, -0.25) is 5.84 Å². The zero-order valence-corrected chi connectivity index (χ0v) is 11.6. The lowest BCUT2D eigenvalue weighted by atomic mass is 10.1. The minimum absolute atomic E-state index is 0.154. The second kappa shape index (κ2) is 4.77. The predicted octanol–water partition coefficient (Wildman–Crippen LogP) is 3.06. The molecule has 1 unspecified atom stereocenters. The number of thiazole rings is 1. The van der Waals surface area contributed by atoms with Crippen LogP contribution >= 0.6 is 11.3 Å². The molecule has 0 radical (unpaired) electrons. The molecule has 2 heterocycles. The van der Waals surface area contributed by atoms with E-state index in [9.17, 15) is 0 Å². The third-order valence-corrected chi connectivity index (χ3v) is 4.24. The van der Waals surface area contributed by atoms with E-state index in [2.05, 4.69) is 10.4 Å². The summed E-state index contributed by atoms with van der Waals surface area (Å²) < 4.78 is 5.88. The molecule has 0 saturated carbocycles. The first-order valence-corrected chi connectivity index (χ1v) is 6.89. The Hall–Kier alpha value is -1.69. The van der Waals surface area contributed by atoms with Gasteiger partial charge in [0.2, 0.25) is 0 Å². The van der Waals surface area contributed by atoms with Gasteiger partial charge in [-0.15, -0.1) is 11.3 Å². The molecule has 0 aliphatic carbocycles. The first kappa shape index (κ1) is 12.3. The molecule has 4 nitrogen and oxygen atoms in total. The molecule has 5 heteroatoms. The third-order valence-electron chi connectivity index (χ3n) is 3.10. The highest BCUT2D eigenvalue weighted by Gasteiger charge is 2.21. The highest BCUT2D eigenvalue weighted by atomic mass is 32.1. The van der Waals surface area contributed by atoms with Crippen LogP contribution in [0.4, 0.5) is 0 Å². The second-order valence-corrected chi connectivity index (χ2v) is 5.70. The number of furan rings is 1. The SMILES string of the molecule is Cc1nc(C)c(C(NN)c2cc3ccccc3o2)s1. The van der Waals surface area contributed by atoms with E-state index in [-0.39, 0.29) is 6.04 Å². The van der Waals surface area contributed by atoms with Crippen molar-refractivity contribution >= 4 is 22.3 Å². The van der Waals surface area contributed by atoms with Gasteiger partial charge in [-0.05, 0) is 26.0 Å². The first-order valence-electron chi connectivity index (χ1n) is 6.07. The van der Waals surface area contributed by atoms with Gasteiger partial charge in [0.1, 0.15) is 17.4 Å². The predicted molar refractivity (Wildman–Crippen MR) is 77.0 cm³/mol. The minimum Gasteiger partial charge on any atom is -0.459 e. The van der Waals surface area contributed by atoms with Gasteiger partial charge < -0.3 is 4.42 Å². The summed E-state index contributed by atoms with van der Waals surface area (Å²) in [5.74, 6) is 6.52. The quantitative estimate of drug-likeness (QED) is 0.568. The Balaban J connectivity index is 2.09. The summed E-state index contributed by atoms with van der Waals surface area (Å²) in [6, 6.07) is 9.81. The van der Waals surface area contributed by atoms with E-state index in [0.29, 0.717) is 0 Å². The van der Waals surface area contributed by atoms with Crippen molar-refractivity contribution in [3.63, 3.8) is 0 Å². The summed E-state index contributed by atoms with van der Waals surface area (Å²) in [5.41, 5.74) is 4.69. The van der Waals surface area contributed by atoms with E-state index >= 15 is 0 Å². The molecule has 0 aliphatic rings. The summed E-state index contributed by atoms with van der Waals surface area (Å²) in [5, 5.41) is 2.11. The molecule has 19 heavy (non-hydrogen) atoms. The van der Waals surface area contributed by atoms with Crippen molar-refractivity contribution in [3.05, 3.63) is 51.7 Å². The maximum Gasteiger partial charge on any atom is 0.134 e. The van der Waals surface area contributed by atoms with Gasteiger partial charge in [-0.25, -0.2) is 10.4 Å². The number of hydrazine groups is 1. The Labute approximate surface area is 115 Å². The number of nitrogens with zero attached hydrogens (tertiary/aromatic N) is 1. The number of aromatic nitrogens is 1. The van der Waals surface area contributed by atoms with Crippen LogP contribution in [0.1, 0.15) is 27.4 Å². The largest absolute Gasteiger partial charge is 0.459 e. The Kier molecular flexibility index (Phi) is 3.10. The molecule has 0 amide bonds. The molecule has 0 aliphatic heterocycles. The van der Waals surface area contributed by atoms with Crippen molar-refractivity contribution in [2.24, 2.45) is 5.84 Å². The molecule has 0 fully saturated rings. The van der Waals surface area contributed by atoms with Gasteiger partial charge in [0.15, 0.2) is 0 Å². The van der Waals surface area contributed by atoms with Crippen molar-refractivity contribution in [1.82, 2.24) is 10.4 Å². The summed E-state index contributed by atoms with van der Waals surface area (Å²) in [6.07, 6.45) is 0. The Morgan fingerprint density at radius 2 is 2.11 bits per heavy atom. The van der Waals surface area contributed by atoms with Crippen LogP contribution in [-0.2, 0) is 0 Å². The molecular weight excluding hydrogens is 258 g/mol. The van der Waals surface area contributed by atoms with Crippen molar-refractivity contribution in [2.45, 2.75) is 19.9 Å². The zero-order chi connectivity index (χ0) is 13.4. The van der Waals surface area contributed by atoms with Gasteiger partial charge in [0, 0.05) is 5.39 Å². The molecule has 1 atom stereocenters. The molecule has 3 rings (SSSR count). The van der Waals surface area contributed by atoms with Crippen LogP contribution in [-0.4, -0.2) is 4.98 Å². The average Bonchev–Trinajstić information content (AvgIpc) is 2.94. The highest BCUT2D eigenvalue weighted by Crippen LogP contribution is 2.32. The number of aryl methyl sites for hydroxylation is 2. The molecule has 98 valence electrons. The van der Waals surface area contributed by atoms with Crippen molar-refractivity contribution in [2.75, 3.05) is 0 Å². The van der Waals surface area contributed by atoms with Gasteiger partial charge in [0.25, 0.3) is 0 Å². The molecule has 1 aromatic carbocycles. The van der Waals surface area contributed by atoms with Gasteiger partial charge in [-0.2, -0.15) is 0 Å². The van der Waals surface area contributed by atoms with Crippen LogP contribution < -0.4 is 11.3 Å². The fourth-order valence-electron chi connectivity index (χ4n) is 2.25. The van der Waals surface area contributed by atoms with E-state index in [1.54, 1.807) is 11.3 Å². The van der Waals surface area contributed by atoms with Crippen LogP contribution in [0.15, 0.2) is 34.7 Å². The number of para-hydroxylation sites is 1. The zero-order valence-electron chi connectivity index (χ0n) is 10.8. The Morgan fingerprint density at radius 1 is 1.32 bits per heavy atom. The normalized spacial score (nSPS) is 13.0. The Morgan fingerprint density at radius 3 is 2.74 bits per heavy atom. The average molecular weight is 273 g/mol. The molecule has 0 spiro atoms. The van der Waals surface area contributed by atoms with Crippen molar-refractivity contribution in [3.8, 4) is 0 Å². The lowest BCUT2D eigenvalue weighted by Gasteiger charge is -2.11. The van der Waals surface area contributed by atoms with Gasteiger partial charge >= 0.3 is 0 Å². The number of hydrogen-bond acceptors (Lipinski definition) is 5. The maximum absolute atomic E-state index is 5.88. The lowest BCUT2D eigenvalue weighted by Crippen LogP contribution is -2.28. The molecule has 0 bridgehead atoms. The maximum atomic E-state index is 5.88. The number of hydrogen-bond donors (Lipinski definition) is 2. The van der Waals surface area contributed by atoms with Crippen LogP contribution in [0.25, 0.3) is 11.0 Å². The molecule has 3 N–H and O–H groups in total. The number of benzene rings is 1. The second-order valence-electron chi connectivity index (χ2n) is 4.47. The van der Waals surface area contributed by atoms with Crippen molar-refractivity contribution < 1.29 is 4.42 Å². The Bertz CT molecular complexity index is 683. The molecule has 2 aromatic heterocycles. The smallest absolute Gasteiger partial charge is 0.134 e. The number of nitrogens with one attached hydrogen (secondary N) is 1. The summed E-state index contributed by atoms with van der Waals surface area (Å²) in [4.78, 5) is 5.54. The fourth-order valence-corrected chi connectivity index (χ4v) is 3.24. The number of nitrogens with two attached hydrogens (primary N) is 1. The van der Waals surface area contributed by atoms with Crippen LogP contribution in [0.5, 0.6) is 0 Å². The summed E-state index contributed by atoms with van der Waals surface area (Å²) >= 11 is 1.64. The van der Waals surface area contributed by atoms with Gasteiger partial charge in [0.05, 0.1) is 15.6 Å². The summed E-state index contributed by atoms with van der Waals surface area (Å²) in [6.45, 7) is 3.99. The summed E-state index contributed by atoms with van der Waals surface area (Å²) in [7, 11) is 0.